The van der Waals surface area contributed by atoms with Crippen molar-refractivity contribution in [1.82, 2.24) is 0 Å². The molecule has 0 heterocycles. The zero-order valence-electron chi connectivity index (χ0n) is 18.7. The first-order valence-electron chi connectivity index (χ1n) is 11.5. The summed E-state index contributed by atoms with van der Waals surface area (Å²) in [6, 6.07) is 0.783. The molecule has 0 amide bonds. The first-order chi connectivity index (χ1) is 15.1. The molecule has 0 atom stereocenters. The van der Waals surface area contributed by atoms with E-state index in [1.54, 1.807) is 0 Å². The van der Waals surface area contributed by atoms with Gasteiger partial charge in [-0.25, -0.2) is 4.79 Å². The molecule has 0 aromatic heterocycles. The molecule has 0 N–H and O–H groups in total. The van der Waals surface area contributed by atoms with E-state index in [9.17, 15) is 31.1 Å². The minimum atomic E-state index is -4.95. The highest BCUT2D eigenvalue weighted by molar-refractivity contribution is 5.91. The van der Waals surface area contributed by atoms with E-state index in [1.165, 1.54) is 51.4 Å². The number of benzene rings is 1. The summed E-state index contributed by atoms with van der Waals surface area (Å²) in [5.74, 6) is -1.39. The quantitative estimate of drug-likeness (QED) is 0.146. The van der Waals surface area contributed by atoms with Crippen molar-refractivity contribution in [2.45, 2.75) is 103 Å². The number of unbranched alkanes of at least 4 members (excludes halogenated alkanes) is 12. The molecule has 184 valence electrons. The lowest BCUT2D eigenvalue weighted by Gasteiger charge is -2.15. The molecule has 1 rings (SSSR count). The third-order valence-electron chi connectivity index (χ3n) is 5.35. The molecular formula is C24H34F6O2. The molecule has 0 fully saturated rings. The van der Waals surface area contributed by atoms with Gasteiger partial charge in [-0.1, -0.05) is 84.0 Å². The maximum atomic E-state index is 13.1. The maximum Gasteiger partial charge on any atom is 0.417 e. The van der Waals surface area contributed by atoms with Crippen LogP contribution in [0, 0.1) is 0 Å². The second kappa shape index (κ2) is 14.4. The number of alkyl halides is 6. The van der Waals surface area contributed by atoms with Gasteiger partial charge in [0.05, 0.1) is 23.3 Å². The van der Waals surface area contributed by atoms with Gasteiger partial charge in [-0.15, -0.1) is 0 Å². The van der Waals surface area contributed by atoms with Gasteiger partial charge in [0, 0.05) is 0 Å². The second-order valence-electron chi connectivity index (χ2n) is 8.13. The van der Waals surface area contributed by atoms with Crippen LogP contribution in [0.15, 0.2) is 18.2 Å². The smallest absolute Gasteiger partial charge is 0.417 e. The third-order valence-corrected chi connectivity index (χ3v) is 5.35. The van der Waals surface area contributed by atoms with E-state index in [0.717, 1.165) is 25.7 Å². The molecule has 32 heavy (non-hydrogen) atoms. The standard InChI is InChI=1S/C24H34F6O2/c1-2-3-4-5-6-7-8-9-10-11-12-13-14-17-32-22(31)20-18-19(23(25,26)27)15-16-21(20)24(28,29)30/h15-16,18H,2-14,17H2,1H3. The molecule has 1 aromatic rings. The fourth-order valence-corrected chi connectivity index (χ4v) is 3.50. The van der Waals surface area contributed by atoms with Crippen LogP contribution < -0.4 is 0 Å². The Bertz CT molecular complexity index is 667. The Hall–Kier alpha value is -1.73. The minimum absolute atomic E-state index is 0.121. The summed E-state index contributed by atoms with van der Waals surface area (Å²) in [7, 11) is 0. The monoisotopic (exact) mass is 468 g/mol. The van der Waals surface area contributed by atoms with Crippen molar-refractivity contribution in [2.24, 2.45) is 0 Å². The number of hydrogen-bond donors (Lipinski definition) is 0. The van der Waals surface area contributed by atoms with E-state index in [-0.39, 0.29) is 18.7 Å². The number of hydrogen-bond acceptors (Lipinski definition) is 2. The zero-order valence-corrected chi connectivity index (χ0v) is 18.7. The number of ether oxygens (including phenoxy) is 1. The van der Waals surface area contributed by atoms with Crippen LogP contribution in [0.1, 0.15) is 112 Å². The molecule has 0 spiro atoms. The van der Waals surface area contributed by atoms with Crippen molar-refractivity contribution in [3.05, 3.63) is 34.9 Å². The SMILES string of the molecule is CCCCCCCCCCCCCCCOC(=O)c1cc(C(F)(F)F)ccc1C(F)(F)F. The summed E-state index contributed by atoms with van der Waals surface area (Å²) in [6.45, 7) is 2.08. The first-order valence-corrected chi connectivity index (χ1v) is 11.5. The van der Waals surface area contributed by atoms with Gasteiger partial charge in [0.25, 0.3) is 0 Å². The van der Waals surface area contributed by atoms with Crippen molar-refractivity contribution >= 4 is 5.97 Å². The number of halogens is 6. The highest BCUT2D eigenvalue weighted by Crippen LogP contribution is 2.36. The molecule has 1 aromatic carbocycles. The first kappa shape index (κ1) is 28.3. The topological polar surface area (TPSA) is 26.3 Å². The zero-order chi connectivity index (χ0) is 24.0. The molecule has 0 saturated heterocycles. The summed E-state index contributed by atoms with van der Waals surface area (Å²) in [5, 5.41) is 0. The Morgan fingerprint density at radius 3 is 1.62 bits per heavy atom. The van der Waals surface area contributed by atoms with Crippen molar-refractivity contribution < 1.29 is 35.9 Å². The molecule has 0 aliphatic carbocycles. The Balaban J connectivity index is 2.28. The second-order valence-corrected chi connectivity index (χ2v) is 8.13. The lowest BCUT2D eigenvalue weighted by Crippen LogP contribution is -2.17. The fourth-order valence-electron chi connectivity index (χ4n) is 3.50. The van der Waals surface area contributed by atoms with Crippen LogP contribution in [0.2, 0.25) is 0 Å². The molecule has 2 nitrogen and oxygen atoms in total. The molecule has 0 radical (unpaired) electrons. The number of carbonyl (C=O) groups excluding carboxylic acids is 1. The summed E-state index contributed by atoms with van der Waals surface area (Å²) in [4.78, 5) is 12.0. The van der Waals surface area contributed by atoms with Crippen LogP contribution in [0.5, 0.6) is 0 Å². The molecule has 0 aliphatic rings. The summed E-state index contributed by atoms with van der Waals surface area (Å²) >= 11 is 0. The van der Waals surface area contributed by atoms with E-state index < -0.39 is 35.0 Å². The minimum Gasteiger partial charge on any atom is -0.462 e. The largest absolute Gasteiger partial charge is 0.462 e. The van der Waals surface area contributed by atoms with Crippen LogP contribution in [-0.4, -0.2) is 12.6 Å². The summed E-state index contributed by atoms with van der Waals surface area (Å²) in [5.41, 5.74) is -3.86. The summed E-state index contributed by atoms with van der Waals surface area (Å²) < 4.78 is 82.4. The summed E-state index contributed by atoms with van der Waals surface area (Å²) in [6.07, 6.45) is 4.60. The average Bonchev–Trinajstić information content (AvgIpc) is 2.72. The van der Waals surface area contributed by atoms with Gasteiger partial charge in [-0.05, 0) is 24.6 Å². The molecule has 8 heteroatoms. The van der Waals surface area contributed by atoms with E-state index in [0.29, 0.717) is 12.5 Å². The maximum absolute atomic E-state index is 13.1. The number of rotatable bonds is 15. The molecule has 0 bridgehead atoms. The van der Waals surface area contributed by atoms with E-state index in [4.69, 9.17) is 4.74 Å². The molecular weight excluding hydrogens is 434 g/mol. The predicted molar refractivity (Wildman–Crippen MR) is 112 cm³/mol. The third kappa shape index (κ3) is 11.2. The van der Waals surface area contributed by atoms with Crippen LogP contribution in [0.4, 0.5) is 26.3 Å². The van der Waals surface area contributed by atoms with Crippen LogP contribution in [0.25, 0.3) is 0 Å². The molecule has 0 unspecified atom stereocenters. The number of carbonyl (C=O) groups is 1. The van der Waals surface area contributed by atoms with Gasteiger partial charge in [0.2, 0.25) is 0 Å². The van der Waals surface area contributed by atoms with Gasteiger partial charge in [-0.3, -0.25) is 0 Å². The van der Waals surface area contributed by atoms with Crippen molar-refractivity contribution in [1.29, 1.82) is 0 Å². The van der Waals surface area contributed by atoms with E-state index >= 15 is 0 Å². The average molecular weight is 469 g/mol. The Kier molecular flexibility index (Phi) is 12.8. The Morgan fingerprint density at radius 2 is 1.19 bits per heavy atom. The van der Waals surface area contributed by atoms with Gasteiger partial charge in [0.15, 0.2) is 0 Å². The predicted octanol–water partition coefficient (Wildman–Crippen LogP) is 8.97. The van der Waals surface area contributed by atoms with Crippen molar-refractivity contribution in [3.8, 4) is 0 Å². The van der Waals surface area contributed by atoms with Crippen LogP contribution in [0.3, 0.4) is 0 Å². The lowest BCUT2D eigenvalue weighted by molar-refractivity contribution is -0.141. The van der Waals surface area contributed by atoms with Gasteiger partial charge in [0.1, 0.15) is 0 Å². The van der Waals surface area contributed by atoms with Crippen molar-refractivity contribution in [3.63, 3.8) is 0 Å². The van der Waals surface area contributed by atoms with Crippen LogP contribution >= 0.6 is 0 Å². The van der Waals surface area contributed by atoms with E-state index in [1.807, 2.05) is 0 Å². The lowest BCUT2D eigenvalue weighted by atomic mass is 10.0. The normalized spacial score (nSPS) is 12.2. The molecule has 0 aliphatic heterocycles. The van der Waals surface area contributed by atoms with E-state index in [2.05, 4.69) is 6.92 Å². The Labute approximate surface area is 186 Å². The van der Waals surface area contributed by atoms with Crippen molar-refractivity contribution in [2.75, 3.05) is 6.61 Å². The van der Waals surface area contributed by atoms with Crippen LogP contribution in [-0.2, 0) is 17.1 Å². The highest BCUT2D eigenvalue weighted by Gasteiger charge is 2.39. The fraction of sp³-hybridized carbons (Fsp3) is 0.708. The Morgan fingerprint density at radius 1 is 0.719 bits per heavy atom. The van der Waals surface area contributed by atoms with Gasteiger partial charge < -0.3 is 4.74 Å². The molecule has 0 saturated carbocycles. The highest BCUT2D eigenvalue weighted by atomic mass is 19.4. The van der Waals surface area contributed by atoms with Gasteiger partial charge in [-0.2, -0.15) is 26.3 Å². The van der Waals surface area contributed by atoms with Gasteiger partial charge >= 0.3 is 18.3 Å². The number of esters is 1.